The molecule has 0 heterocycles. The molecule has 0 nitrogen and oxygen atoms in total. The number of aryl methyl sites for hydroxylation is 2. The van der Waals surface area contributed by atoms with E-state index in [4.69, 9.17) is 0 Å². The predicted octanol–water partition coefficient (Wildman–Crippen LogP) is 5.38. The van der Waals surface area contributed by atoms with Crippen molar-refractivity contribution in [2.24, 2.45) is 0 Å². The van der Waals surface area contributed by atoms with Gasteiger partial charge in [-0.1, -0.05) is 70.7 Å². The molecule has 0 N–H and O–H groups in total. The molecule has 1 rings (SSSR count). The second-order valence-corrected chi connectivity index (χ2v) is 5.28. The first kappa shape index (κ1) is 14.2. The monoisotopic (exact) mass is 346 g/mol. The molecule has 0 bridgehead atoms. The van der Waals surface area contributed by atoms with Gasteiger partial charge in [-0.15, -0.1) is 0 Å². The first-order valence-electron chi connectivity index (χ1n) is 6.02. The summed E-state index contributed by atoms with van der Waals surface area (Å²) >= 11 is 7.15. The van der Waals surface area contributed by atoms with E-state index in [2.05, 4.69) is 57.8 Å². The van der Waals surface area contributed by atoms with Gasteiger partial charge in [-0.3, -0.25) is 0 Å². The average Bonchev–Trinajstić information content (AvgIpc) is 2.31. The standard InChI is InChI=1S/C14H20Br2/c1-3-5-11-7-13(9-15)14(10-16)8-12(11)6-4-2/h7-8H,3-6,9-10H2,1-2H3. The maximum Gasteiger partial charge on any atom is 0.0286 e. The summed E-state index contributed by atoms with van der Waals surface area (Å²) in [4.78, 5) is 0. The Hall–Kier alpha value is 0.180. The topological polar surface area (TPSA) is 0 Å². The van der Waals surface area contributed by atoms with E-state index in [0.29, 0.717) is 0 Å². The largest absolute Gasteiger partial charge is 0.0876 e. The van der Waals surface area contributed by atoms with Crippen LogP contribution in [0, 0.1) is 0 Å². The van der Waals surface area contributed by atoms with Gasteiger partial charge >= 0.3 is 0 Å². The van der Waals surface area contributed by atoms with Crippen molar-refractivity contribution >= 4 is 31.9 Å². The molecular formula is C14H20Br2. The molecule has 0 aliphatic heterocycles. The number of rotatable bonds is 6. The quantitative estimate of drug-likeness (QED) is 0.606. The van der Waals surface area contributed by atoms with Crippen molar-refractivity contribution in [3.8, 4) is 0 Å². The maximum atomic E-state index is 3.58. The minimum Gasteiger partial charge on any atom is -0.0876 e. The molecule has 0 atom stereocenters. The highest BCUT2D eigenvalue weighted by atomic mass is 79.9. The van der Waals surface area contributed by atoms with Gasteiger partial charge in [0.1, 0.15) is 0 Å². The highest BCUT2D eigenvalue weighted by Gasteiger charge is 2.07. The molecule has 2 heteroatoms. The number of hydrogen-bond acceptors (Lipinski definition) is 0. The first-order chi connectivity index (χ1) is 7.76. The summed E-state index contributed by atoms with van der Waals surface area (Å²) in [6.45, 7) is 4.50. The number of hydrogen-bond donors (Lipinski definition) is 0. The number of halogens is 2. The Balaban J connectivity index is 3.12. The molecule has 90 valence electrons. The maximum absolute atomic E-state index is 3.58. The van der Waals surface area contributed by atoms with E-state index < -0.39 is 0 Å². The molecule has 0 aliphatic rings. The van der Waals surface area contributed by atoms with Gasteiger partial charge in [0.15, 0.2) is 0 Å². The van der Waals surface area contributed by atoms with E-state index in [1.807, 2.05) is 0 Å². The Morgan fingerprint density at radius 3 is 1.38 bits per heavy atom. The van der Waals surface area contributed by atoms with Crippen LogP contribution in [0.3, 0.4) is 0 Å². The van der Waals surface area contributed by atoms with Crippen molar-refractivity contribution in [1.29, 1.82) is 0 Å². The summed E-state index contributed by atoms with van der Waals surface area (Å²) in [5.41, 5.74) is 5.95. The lowest BCUT2D eigenvalue weighted by Crippen LogP contribution is -1.99. The molecule has 0 saturated carbocycles. The van der Waals surface area contributed by atoms with Crippen LogP contribution in [0.1, 0.15) is 48.9 Å². The lowest BCUT2D eigenvalue weighted by atomic mass is 9.94. The molecule has 0 fully saturated rings. The molecule has 0 saturated heterocycles. The molecule has 1 aromatic rings. The van der Waals surface area contributed by atoms with E-state index in [0.717, 1.165) is 10.7 Å². The van der Waals surface area contributed by atoms with Gasteiger partial charge in [-0.05, 0) is 35.1 Å². The Labute approximate surface area is 116 Å². The van der Waals surface area contributed by atoms with Crippen LogP contribution in [0.4, 0.5) is 0 Å². The van der Waals surface area contributed by atoms with Crippen molar-refractivity contribution in [2.75, 3.05) is 0 Å². The van der Waals surface area contributed by atoms with Gasteiger partial charge in [0.05, 0.1) is 0 Å². The third-order valence-corrected chi connectivity index (χ3v) is 4.06. The minimum absolute atomic E-state index is 0.955. The van der Waals surface area contributed by atoms with E-state index in [-0.39, 0.29) is 0 Å². The van der Waals surface area contributed by atoms with Gasteiger partial charge in [0.2, 0.25) is 0 Å². The fourth-order valence-corrected chi connectivity index (χ4v) is 3.09. The van der Waals surface area contributed by atoms with E-state index in [1.54, 1.807) is 11.1 Å². The van der Waals surface area contributed by atoms with Crippen molar-refractivity contribution in [3.05, 3.63) is 34.4 Å². The van der Waals surface area contributed by atoms with Crippen molar-refractivity contribution in [3.63, 3.8) is 0 Å². The van der Waals surface area contributed by atoms with E-state index in [9.17, 15) is 0 Å². The highest BCUT2D eigenvalue weighted by molar-refractivity contribution is 9.09. The van der Waals surface area contributed by atoms with Crippen LogP contribution in [0.5, 0.6) is 0 Å². The molecule has 0 unspecified atom stereocenters. The summed E-state index contributed by atoms with van der Waals surface area (Å²) in [7, 11) is 0. The van der Waals surface area contributed by atoms with Gasteiger partial charge in [0.25, 0.3) is 0 Å². The highest BCUT2D eigenvalue weighted by Crippen LogP contribution is 2.23. The van der Waals surface area contributed by atoms with Crippen LogP contribution < -0.4 is 0 Å². The molecule has 16 heavy (non-hydrogen) atoms. The minimum atomic E-state index is 0.955. The lowest BCUT2D eigenvalue weighted by Gasteiger charge is -2.13. The Bertz CT molecular complexity index is 299. The number of benzene rings is 1. The van der Waals surface area contributed by atoms with Crippen LogP contribution in [0.25, 0.3) is 0 Å². The number of alkyl halides is 2. The summed E-state index contributed by atoms with van der Waals surface area (Å²) in [5.74, 6) is 0. The SMILES string of the molecule is CCCc1cc(CBr)c(CBr)cc1CCC. The fraction of sp³-hybridized carbons (Fsp3) is 0.571. The molecule has 0 aliphatic carbocycles. The summed E-state index contributed by atoms with van der Waals surface area (Å²) < 4.78 is 0. The molecule has 0 radical (unpaired) electrons. The molecule has 0 spiro atoms. The molecule has 1 aromatic carbocycles. The van der Waals surface area contributed by atoms with Crippen LogP contribution in [0.2, 0.25) is 0 Å². The van der Waals surface area contributed by atoms with Crippen LogP contribution >= 0.6 is 31.9 Å². The second kappa shape index (κ2) is 7.50. The van der Waals surface area contributed by atoms with Crippen LogP contribution in [-0.2, 0) is 23.5 Å². The zero-order valence-corrected chi connectivity index (χ0v) is 13.3. The summed E-state index contributed by atoms with van der Waals surface area (Å²) in [6.07, 6.45) is 4.87. The van der Waals surface area contributed by atoms with Crippen LogP contribution in [0.15, 0.2) is 12.1 Å². The molecule has 0 aromatic heterocycles. The smallest absolute Gasteiger partial charge is 0.0286 e. The van der Waals surface area contributed by atoms with Gasteiger partial charge in [-0.2, -0.15) is 0 Å². The zero-order chi connectivity index (χ0) is 12.0. The Kier molecular flexibility index (Phi) is 6.67. The van der Waals surface area contributed by atoms with Gasteiger partial charge in [0, 0.05) is 10.7 Å². The van der Waals surface area contributed by atoms with Gasteiger partial charge in [-0.25, -0.2) is 0 Å². The lowest BCUT2D eigenvalue weighted by molar-refractivity contribution is 0.857. The van der Waals surface area contributed by atoms with Crippen molar-refractivity contribution in [1.82, 2.24) is 0 Å². The summed E-state index contributed by atoms with van der Waals surface area (Å²) in [6, 6.07) is 4.78. The average molecular weight is 348 g/mol. The van der Waals surface area contributed by atoms with Crippen molar-refractivity contribution < 1.29 is 0 Å². The normalized spacial score (nSPS) is 10.8. The second-order valence-electron chi connectivity index (χ2n) is 4.16. The first-order valence-corrected chi connectivity index (χ1v) is 8.26. The fourth-order valence-electron chi connectivity index (χ4n) is 2.04. The van der Waals surface area contributed by atoms with Gasteiger partial charge < -0.3 is 0 Å². The Morgan fingerprint density at radius 1 is 0.750 bits per heavy atom. The van der Waals surface area contributed by atoms with E-state index in [1.165, 1.54) is 36.8 Å². The molecule has 0 amide bonds. The zero-order valence-electron chi connectivity index (χ0n) is 10.2. The van der Waals surface area contributed by atoms with E-state index >= 15 is 0 Å². The third-order valence-electron chi connectivity index (χ3n) is 2.85. The third kappa shape index (κ3) is 3.59. The Morgan fingerprint density at radius 2 is 1.12 bits per heavy atom. The van der Waals surface area contributed by atoms with Crippen LogP contribution in [-0.4, -0.2) is 0 Å². The predicted molar refractivity (Wildman–Crippen MR) is 79.7 cm³/mol. The summed E-state index contributed by atoms with van der Waals surface area (Å²) in [5, 5.41) is 1.91. The molecular weight excluding hydrogens is 328 g/mol. The van der Waals surface area contributed by atoms with Crippen molar-refractivity contribution in [2.45, 2.75) is 50.2 Å².